The van der Waals surface area contributed by atoms with E-state index in [1.165, 1.54) is 7.11 Å². The number of carbonyl (C=O) groups is 1. The largest absolute Gasteiger partial charge is 0.495 e. The van der Waals surface area contributed by atoms with Crippen molar-refractivity contribution in [3.8, 4) is 5.75 Å². The van der Waals surface area contributed by atoms with Gasteiger partial charge in [-0.2, -0.15) is 13.2 Å². The smallest absolute Gasteiger partial charge is 0.416 e. The van der Waals surface area contributed by atoms with Crippen molar-refractivity contribution in [2.45, 2.75) is 19.1 Å². The summed E-state index contributed by atoms with van der Waals surface area (Å²) in [6, 6.07) is 9.08. The molecule has 0 aliphatic carbocycles. The fourth-order valence-electron chi connectivity index (χ4n) is 3.61. The summed E-state index contributed by atoms with van der Waals surface area (Å²) in [6.07, 6.45) is -4.66. The Morgan fingerprint density at radius 2 is 1.81 bits per heavy atom. The molecule has 0 saturated carbocycles. The summed E-state index contributed by atoms with van der Waals surface area (Å²) in [5.41, 5.74) is -0.969. The second-order valence-electron chi connectivity index (χ2n) is 7.35. The predicted octanol–water partition coefficient (Wildman–Crippen LogP) is 3.77. The van der Waals surface area contributed by atoms with E-state index in [4.69, 9.17) is 4.74 Å². The van der Waals surface area contributed by atoms with Crippen molar-refractivity contribution >= 4 is 23.0 Å². The van der Waals surface area contributed by atoms with E-state index in [1.54, 1.807) is 36.1 Å². The van der Waals surface area contributed by atoms with Crippen LogP contribution in [0, 0.1) is 10.1 Å². The zero-order valence-corrected chi connectivity index (χ0v) is 17.6. The normalized spacial score (nSPS) is 15.8. The van der Waals surface area contributed by atoms with E-state index in [-0.39, 0.29) is 11.6 Å². The molecule has 172 valence electrons. The summed E-state index contributed by atoms with van der Waals surface area (Å²) in [6.45, 7) is 3.25. The third-order valence-corrected chi connectivity index (χ3v) is 5.45. The van der Waals surface area contributed by atoms with Crippen LogP contribution in [0.1, 0.15) is 12.5 Å². The van der Waals surface area contributed by atoms with E-state index in [0.717, 1.165) is 12.1 Å². The summed E-state index contributed by atoms with van der Waals surface area (Å²) in [5, 5.41) is 14.2. The molecule has 1 unspecified atom stereocenters. The molecular formula is C21H23F3N4O4. The Morgan fingerprint density at radius 1 is 1.16 bits per heavy atom. The Labute approximate surface area is 182 Å². The first-order chi connectivity index (χ1) is 15.1. The number of ether oxygens (including phenoxy) is 1. The molecule has 1 atom stereocenters. The fourth-order valence-corrected chi connectivity index (χ4v) is 3.61. The lowest BCUT2D eigenvalue weighted by Crippen LogP contribution is -2.53. The second kappa shape index (κ2) is 9.43. The summed E-state index contributed by atoms with van der Waals surface area (Å²) >= 11 is 0. The van der Waals surface area contributed by atoms with Gasteiger partial charge in [0.1, 0.15) is 11.4 Å². The molecule has 1 amide bonds. The maximum absolute atomic E-state index is 12.9. The molecule has 8 nitrogen and oxygen atoms in total. The van der Waals surface area contributed by atoms with Crippen molar-refractivity contribution in [2.75, 3.05) is 43.5 Å². The Bertz CT molecular complexity index is 991. The molecule has 0 aromatic heterocycles. The summed E-state index contributed by atoms with van der Waals surface area (Å²) in [7, 11) is 1.51. The molecule has 0 bridgehead atoms. The van der Waals surface area contributed by atoms with Crippen LogP contribution in [0.5, 0.6) is 5.75 Å². The third kappa shape index (κ3) is 5.10. The van der Waals surface area contributed by atoms with E-state index in [1.807, 2.05) is 4.90 Å². The van der Waals surface area contributed by atoms with Gasteiger partial charge < -0.3 is 15.0 Å². The lowest BCUT2D eigenvalue weighted by molar-refractivity contribution is -0.384. The SMILES string of the molecule is COc1ccccc1NC(=O)C(C)N1CCN(c2ccc(C(F)(F)F)cc2[N+](=O)[O-])CC1. The van der Waals surface area contributed by atoms with Crippen molar-refractivity contribution < 1.29 is 27.6 Å². The molecule has 2 aromatic carbocycles. The maximum atomic E-state index is 12.9. The average Bonchev–Trinajstić information content (AvgIpc) is 2.78. The van der Waals surface area contributed by atoms with Crippen molar-refractivity contribution in [3.05, 3.63) is 58.1 Å². The number of nitrogens with one attached hydrogen (secondary N) is 1. The number of amides is 1. The number of nitro benzene ring substituents is 1. The molecule has 1 N–H and O–H groups in total. The van der Waals surface area contributed by atoms with Gasteiger partial charge in [0, 0.05) is 32.2 Å². The van der Waals surface area contributed by atoms with Crippen LogP contribution in [0.4, 0.5) is 30.2 Å². The molecule has 0 radical (unpaired) electrons. The first-order valence-corrected chi connectivity index (χ1v) is 9.90. The average molecular weight is 452 g/mol. The van der Waals surface area contributed by atoms with Gasteiger partial charge in [-0.15, -0.1) is 0 Å². The van der Waals surface area contributed by atoms with Crippen molar-refractivity contribution in [2.24, 2.45) is 0 Å². The van der Waals surface area contributed by atoms with Gasteiger partial charge in [-0.05, 0) is 31.2 Å². The Balaban J connectivity index is 1.67. The van der Waals surface area contributed by atoms with Crippen molar-refractivity contribution in [3.63, 3.8) is 0 Å². The molecule has 2 aromatic rings. The zero-order chi connectivity index (χ0) is 23.5. The molecule has 11 heteroatoms. The molecule has 1 saturated heterocycles. The van der Waals surface area contributed by atoms with Crippen LogP contribution >= 0.6 is 0 Å². The first-order valence-electron chi connectivity index (χ1n) is 9.90. The topological polar surface area (TPSA) is 88.0 Å². The van der Waals surface area contributed by atoms with Crippen LogP contribution in [0.15, 0.2) is 42.5 Å². The molecule has 3 rings (SSSR count). The van der Waals surface area contributed by atoms with Crippen LogP contribution in [0.3, 0.4) is 0 Å². The van der Waals surface area contributed by atoms with E-state index >= 15 is 0 Å². The molecule has 0 spiro atoms. The van der Waals surface area contributed by atoms with Crippen LogP contribution in [-0.2, 0) is 11.0 Å². The van der Waals surface area contributed by atoms with E-state index < -0.39 is 28.4 Å². The number of halogens is 3. The van der Waals surface area contributed by atoms with Crippen LogP contribution in [0.25, 0.3) is 0 Å². The third-order valence-electron chi connectivity index (χ3n) is 5.45. The van der Waals surface area contributed by atoms with Gasteiger partial charge in [0.05, 0.1) is 29.3 Å². The number of hydrogen-bond donors (Lipinski definition) is 1. The highest BCUT2D eigenvalue weighted by Gasteiger charge is 2.34. The number of anilines is 2. The number of piperazine rings is 1. The highest BCUT2D eigenvalue weighted by Crippen LogP contribution is 2.37. The first kappa shape index (κ1) is 23.3. The monoisotopic (exact) mass is 452 g/mol. The van der Waals surface area contributed by atoms with Crippen LogP contribution < -0.4 is 15.0 Å². The number of benzene rings is 2. The van der Waals surface area contributed by atoms with Gasteiger partial charge in [-0.3, -0.25) is 19.8 Å². The molecule has 32 heavy (non-hydrogen) atoms. The molecule has 1 aliphatic heterocycles. The highest BCUT2D eigenvalue weighted by atomic mass is 19.4. The minimum Gasteiger partial charge on any atom is -0.495 e. The minimum absolute atomic E-state index is 0.133. The summed E-state index contributed by atoms with van der Waals surface area (Å²) in [4.78, 5) is 26.8. The minimum atomic E-state index is -4.66. The number of hydrogen-bond acceptors (Lipinski definition) is 6. The number of nitro groups is 1. The van der Waals surface area contributed by atoms with E-state index in [2.05, 4.69) is 5.32 Å². The Kier molecular flexibility index (Phi) is 6.87. The number of nitrogens with zero attached hydrogens (tertiary/aromatic N) is 3. The Morgan fingerprint density at radius 3 is 2.41 bits per heavy atom. The quantitative estimate of drug-likeness (QED) is 0.530. The highest BCUT2D eigenvalue weighted by molar-refractivity contribution is 5.95. The number of carbonyl (C=O) groups excluding carboxylic acids is 1. The second-order valence-corrected chi connectivity index (χ2v) is 7.35. The standard InChI is InChI=1S/C21H23F3N4O4/c1-14(20(29)25-16-5-3-4-6-19(16)32-2)26-9-11-27(12-10-26)17-8-7-15(21(22,23)24)13-18(17)28(30)31/h3-8,13-14H,9-12H2,1-2H3,(H,25,29). The molecule has 1 heterocycles. The van der Waals surface area contributed by atoms with Crippen LogP contribution in [0.2, 0.25) is 0 Å². The Hall–Kier alpha value is -3.34. The van der Waals surface area contributed by atoms with E-state index in [9.17, 15) is 28.1 Å². The number of para-hydroxylation sites is 2. The van der Waals surface area contributed by atoms with Gasteiger partial charge >= 0.3 is 6.18 Å². The number of methoxy groups -OCH3 is 1. The lowest BCUT2D eigenvalue weighted by Gasteiger charge is -2.38. The van der Waals surface area contributed by atoms with Gasteiger partial charge in [-0.1, -0.05) is 12.1 Å². The van der Waals surface area contributed by atoms with Gasteiger partial charge in [0.25, 0.3) is 5.69 Å². The number of alkyl halides is 3. The van der Waals surface area contributed by atoms with Crippen molar-refractivity contribution in [1.29, 1.82) is 0 Å². The molecule has 1 aliphatic rings. The summed E-state index contributed by atoms with van der Waals surface area (Å²) < 4.78 is 44.0. The lowest BCUT2D eigenvalue weighted by atomic mass is 10.1. The number of rotatable bonds is 6. The van der Waals surface area contributed by atoms with Crippen molar-refractivity contribution in [1.82, 2.24) is 4.90 Å². The molecule has 1 fully saturated rings. The van der Waals surface area contributed by atoms with Gasteiger partial charge in [0.2, 0.25) is 5.91 Å². The molecular weight excluding hydrogens is 429 g/mol. The predicted molar refractivity (Wildman–Crippen MR) is 113 cm³/mol. The summed E-state index contributed by atoms with van der Waals surface area (Å²) in [5.74, 6) is 0.302. The van der Waals surface area contributed by atoms with Crippen LogP contribution in [-0.4, -0.2) is 55.1 Å². The van der Waals surface area contributed by atoms with Gasteiger partial charge in [-0.25, -0.2) is 0 Å². The zero-order valence-electron chi connectivity index (χ0n) is 17.6. The van der Waals surface area contributed by atoms with E-state index in [0.29, 0.717) is 43.7 Å². The van der Waals surface area contributed by atoms with Gasteiger partial charge in [0.15, 0.2) is 0 Å². The fraction of sp³-hybridized carbons (Fsp3) is 0.381. The maximum Gasteiger partial charge on any atom is 0.416 e.